The number of aromatic nitrogens is 1. The second-order valence-corrected chi connectivity index (χ2v) is 6.24. The molecule has 20 heavy (non-hydrogen) atoms. The Morgan fingerprint density at radius 2 is 2.00 bits per heavy atom. The van der Waals surface area contributed by atoms with E-state index in [4.69, 9.17) is 0 Å². The highest BCUT2D eigenvalue weighted by Gasteiger charge is 2.06. The molecule has 0 bridgehead atoms. The van der Waals surface area contributed by atoms with E-state index in [0.29, 0.717) is 18.8 Å². The third-order valence-corrected chi connectivity index (χ3v) is 3.96. The van der Waals surface area contributed by atoms with Crippen LogP contribution in [-0.2, 0) is 11.2 Å². The minimum absolute atomic E-state index is 0.0351. The van der Waals surface area contributed by atoms with E-state index in [1.54, 1.807) is 11.3 Å². The Hall–Kier alpha value is -1.68. The van der Waals surface area contributed by atoms with E-state index in [0.717, 1.165) is 16.4 Å². The van der Waals surface area contributed by atoms with Crippen molar-refractivity contribution >= 4 is 22.9 Å². The van der Waals surface area contributed by atoms with Crippen LogP contribution in [0.4, 0.5) is 5.69 Å². The predicted octanol–water partition coefficient (Wildman–Crippen LogP) is 4.15. The van der Waals surface area contributed by atoms with Crippen molar-refractivity contribution in [3.8, 4) is 0 Å². The molecule has 4 heteroatoms. The van der Waals surface area contributed by atoms with E-state index < -0.39 is 0 Å². The molecule has 0 fully saturated rings. The quantitative estimate of drug-likeness (QED) is 0.898. The standard InChI is InChI=1S/C16H20N2OS/c1-11(2)13-4-6-14(7-5-13)18-16(19)9-8-15-10-20-12(3)17-15/h4-7,10-11H,8-9H2,1-3H3,(H,18,19). The Labute approximate surface area is 124 Å². The van der Waals surface area contributed by atoms with Gasteiger partial charge < -0.3 is 5.32 Å². The molecule has 0 saturated heterocycles. The Balaban J connectivity index is 1.84. The smallest absolute Gasteiger partial charge is 0.224 e. The van der Waals surface area contributed by atoms with Crippen LogP contribution in [0, 0.1) is 6.92 Å². The van der Waals surface area contributed by atoms with Crippen molar-refractivity contribution in [1.82, 2.24) is 4.98 Å². The van der Waals surface area contributed by atoms with Gasteiger partial charge in [0.2, 0.25) is 5.91 Å². The molecule has 2 rings (SSSR count). The summed E-state index contributed by atoms with van der Waals surface area (Å²) in [5, 5.41) is 5.98. The molecule has 1 amide bonds. The van der Waals surface area contributed by atoms with Gasteiger partial charge in [0.1, 0.15) is 0 Å². The number of anilines is 1. The third-order valence-electron chi connectivity index (χ3n) is 3.14. The van der Waals surface area contributed by atoms with Gasteiger partial charge in [0.05, 0.1) is 10.7 Å². The van der Waals surface area contributed by atoms with Crippen LogP contribution < -0.4 is 5.32 Å². The maximum atomic E-state index is 11.9. The van der Waals surface area contributed by atoms with Crippen LogP contribution in [-0.4, -0.2) is 10.9 Å². The lowest BCUT2D eigenvalue weighted by Crippen LogP contribution is -2.12. The lowest BCUT2D eigenvalue weighted by molar-refractivity contribution is -0.116. The highest BCUT2D eigenvalue weighted by Crippen LogP contribution is 2.17. The molecular weight excluding hydrogens is 268 g/mol. The zero-order valence-corrected chi connectivity index (χ0v) is 13.0. The van der Waals surface area contributed by atoms with Crippen LogP contribution in [0.1, 0.15) is 42.5 Å². The van der Waals surface area contributed by atoms with E-state index in [2.05, 4.69) is 36.3 Å². The molecule has 1 heterocycles. The molecular formula is C16H20N2OS. The largest absolute Gasteiger partial charge is 0.326 e. The highest BCUT2D eigenvalue weighted by atomic mass is 32.1. The van der Waals surface area contributed by atoms with Crippen molar-refractivity contribution in [3.63, 3.8) is 0 Å². The number of carbonyl (C=O) groups excluding carboxylic acids is 1. The molecule has 0 atom stereocenters. The SMILES string of the molecule is Cc1nc(CCC(=O)Nc2ccc(C(C)C)cc2)cs1. The van der Waals surface area contributed by atoms with E-state index in [1.165, 1.54) is 5.56 Å². The molecule has 0 aliphatic rings. The molecule has 2 aromatic rings. The van der Waals surface area contributed by atoms with Crippen molar-refractivity contribution < 1.29 is 4.79 Å². The summed E-state index contributed by atoms with van der Waals surface area (Å²) >= 11 is 1.62. The summed E-state index contributed by atoms with van der Waals surface area (Å²) in [6.07, 6.45) is 1.16. The Morgan fingerprint density at radius 1 is 1.30 bits per heavy atom. The molecule has 3 nitrogen and oxygen atoms in total. The molecule has 0 spiro atoms. The second kappa shape index (κ2) is 6.66. The Bertz CT molecular complexity index is 572. The third kappa shape index (κ3) is 4.17. The number of rotatable bonds is 5. The maximum Gasteiger partial charge on any atom is 0.224 e. The normalized spacial score (nSPS) is 10.8. The molecule has 1 N–H and O–H groups in total. The highest BCUT2D eigenvalue weighted by molar-refractivity contribution is 7.09. The van der Waals surface area contributed by atoms with Gasteiger partial charge in [0.25, 0.3) is 0 Å². The topological polar surface area (TPSA) is 42.0 Å². The minimum Gasteiger partial charge on any atom is -0.326 e. The molecule has 0 aliphatic carbocycles. The van der Waals surface area contributed by atoms with Crippen molar-refractivity contribution in [2.45, 2.75) is 39.5 Å². The summed E-state index contributed by atoms with van der Waals surface area (Å²) in [6.45, 7) is 6.29. The fraction of sp³-hybridized carbons (Fsp3) is 0.375. The number of amides is 1. The van der Waals surface area contributed by atoms with Crippen LogP contribution in [0.5, 0.6) is 0 Å². The van der Waals surface area contributed by atoms with Crippen LogP contribution >= 0.6 is 11.3 Å². The summed E-state index contributed by atoms with van der Waals surface area (Å²) in [6, 6.07) is 8.04. The summed E-state index contributed by atoms with van der Waals surface area (Å²) in [4.78, 5) is 16.2. The first-order chi connectivity index (χ1) is 9.54. The lowest BCUT2D eigenvalue weighted by Gasteiger charge is -2.08. The molecule has 0 aliphatic heterocycles. The Kier molecular flexibility index (Phi) is 4.90. The number of hydrogen-bond acceptors (Lipinski definition) is 3. The fourth-order valence-electron chi connectivity index (χ4n) is 1.94. The molecule has 0 saturated carbocycles. The first-order valence-electron chi connectivity index (χ1n) is 6.85. The fourth-order valence-corrected chi connectivity index (χ4v) is 2.59. The summed E-state index contributed by atoms with van der Waals surface area (Å²) in [7, 11) is 0. The monoisotopic (exact) mass is 288 g/mol. The van der Waals surface area contributed by atoms with Crippen LogP contribution in [0.15, 0.2) is 29.6 Å². The zero-order chi connectivity index (χ0) is 14.5. The number of hydrogen-bond donors (Lipinski definition) is 1. The number of nitrogens with zero attached hydrogens (tertiary/aromatic N) is 1. The summed E-state index contributed by atoms with van der Waals surface area (Å²) in [5.74, 6) is 0.542. The first kappa shape index (κ1) is 14.7. The summed E-state index contributed by atoms with van der Waals surface area (Å²) < 4.78 is 0. The molecule has 1 aromatic heterocycles. The average Bonchev–Trinajstić information content (AvgIpc) is 2.83. The van der Waals surface area contributed by atoms with Crippen LogP contribution in [0.3, 0.4) is 0 Å². The van der Waals surface area contributed by atoms with Gasteiger partial charge in [-0.1, -0.05) is 26.0 Å². The molecule has 0 radical (unpaired) electrons. The lowest BCUT2D eigenvalue weighted by atomic mass is 10.0. The minimum atomic E-state index is 0.0351. The van der Waals surface area contributed by atoms with Gasteiger partial charge in [-0.25, -0.2) is 4.98 Å². The number of benzene rings is 1. The van der Waals surface area contributed by atoms with Crippen LogP contribution in [0.25, 0.3) is 0 Å². The van der Waals surface area contributed by atoms with Crippen molar-refractivity contribution in [2.24, 2.45) is 0 Å². The van der Waals surface area contributed by atoms with E-state index >= 15 is 0 Å². The number of thiazole rings is 1. The van der Waals surface area contributed by atoms with Crippen molar-refractivity contribution in [1.29, 1.82) is 0 Å². The first-order valence-corrected chi connectivity index (χ1v) is 7.73. The number of carbonyl (C=O) groups is 1. The van der Waals surface area contributed by atoms with Gasteiger partial charge >= 0.3 is 0 Å². The average molecular weight is 288 g/mol. The maximum absolute atomic E-state index is 11.9. The van der Waals surface area contributed by atoms with Gasteiger partial charge in [0.15, 0.2) is 0 Å². The van der Waals surface area contributed by atoms with Gasteiger partial charge in [-0.05, 0) is 37.0 Å². The van der Waals surface area contributed by atoms with Crippen molar-refractivity contribution in [3.05, 3.63) is 45.9 Å². The molecule has 1 aromatic carbocycles. The molecule has 106 valence electrons. The van der Waals surface area contributed by atoms with Crippen molar-refractivity contribution in [2.75, 3.05) is 5.32 Å². The van der Waals surface area contributed by atoms with Gasteiger partial charge in [-0.2, -0.15) is 0 Å². The van der Waals surface area contributed by atoms with E-state index in [1.807, 2.05) is 24.4 Å². The number of aryl methyl sites for hydroxylation is 2. The Morgan fingerprint density at radius 3 is 2.55 bits per heavy atom. The van der Waals surface area contributed by atoms with E-state index in [9.17, 15) is 4.79 Å². The number of nitrogens with one attached hydrogen (secondary N) is 1. The summed E-state index contributed by atoms with van der Waals surface area (Å²) in [5.41, 5.74) is 3.13. The second-order valence-electron chi connectivity index (χ2n) is 5.18. The van der Waals surface area contributed by atoms with Gasteiger partial charge in [0, 0.05) is 17.5 Å². The van der Waals surface area contributed by atoms with Gasteiger partial charge in [-0.15, -0.1) is 11.3 Å². The zero-order valence-electron chi connectivity index (χ0n) is 12.1. The van der Waals surface area contributed by atoms with Gasteiger partial charge in [-0.3, -0.25) is 4.79 Å². The van der Waals surface area contributed by atoms with Crippen LogP contribution in [0.2, 0.25) is 0 Å². The predicted molar refractivity (Wildman–Crippen MR) is 84.3 cm³/mol. The van der Waals surface area contributed by atoms with E-state index in [-0.39, 0.29) is 5.91 Å². The molecule has 0 unspecified atom stereocenters.